The smallest absolute Gasteiger partial charge is 0.338 e. The fraction of sp³-hybridized carbons (Fsp3) is 0.360. The van der Waals surface area contributed by atoms with Gasteiger partial charge in [-0.25, -0.2) is 4.79 Å². The summed E-state index contributed by atoms with van der Waals surface area (Å²) >= 11 is 0. The molecule has 0 bridgehead atoms. The first-order chi connectivity index (χ1) is 15.3. The molecule has 3 atom stereocenters. The van der Waals surface area contributed by atoms with Gasteiger partial charge in [0, 0.05) is 5.69 Å². The van der Waals surface area contributed by atoms with Crippen molar-refractivity contribution < 1.29 is 23.9 Å². The summed E-state index contributed by atoms with van der Waals surface area (Å²) in [4.78, 5) is 51.6. The van der Waals surface area contributed by atoms with Crippen LogP contribution in [-0.2, 0) is 19.1 Å². The maximum Gasteiger partial charge on any atom is 0.338 e. The first-order valence-corrected chi connectivity index (χ1v) is 10.8. The number of fused-ring (bicyclic) bond motifs is 1. The van der Waals surface area contributed by atoms with E-state index in [2.05, 4.69) is 12.2 Å². The molecule has 1 saturated carbocycles. The number of amides is 3. The molecule has 2 aromatic carbocycles. The van der Waals surface area contributed by atoms with Gasteiger partial charge in [-0.1, -0.05) is 25.1 Å². The quantitative estimate of drug-likeness (QED) is 0.572. The summed E-state index contributed by atoms with van der Waals surface area (Å²) < 4.78 is 5.13. The molecular weight excluding hydrogens is 408 g/mol. The summed E-state index contributed by atoms with van der Waals surface area (Å²) in [6.07, 6.45) is 2.36. The van der Waals surface area contributed by atoms with Crippen LogP contribution in [0.4, 0.5) is 11.4 Å². The fourth-order valence-corrected chi connectivity index (χ4v) is 4.55. The Labute approximate surface area is 186 Å². The molecule has 2 aromatic rings. The number of imide groups is 1. The van der Waals surface area contributed by atoms with Gasteiger partial charge in [0.1, 0.15) is 0 Å². The first kappa shape index (κ1) is 21.7. The normalized spacial score (nSPS) is 22.4. The molecule has 0 radical (unpaired) electrons. The van der Waals surface area contributed by atoms with Crippen LogP contribution in [0.1, 0.15) is 42.1 Å². The Morgan fingerprint density at radius 2 is 1.78 bits per heavy atom. The second kappa shape index (κ2) is 8.94. The Morgan fingerprint density at radius 1 is 1.03 bits per heavy atom. The molecule has 7 heteroatoms. The van der Waals surface area contributed by atoms with Gasteiger partial charge in [-0.2, -0.15) is 0 Å². The van der Waals surface area contributed by atoms with E-state index in [1.165, 1.54) is 17.0 Å². The van der Waals surface area contributed by atoms with Crippen molar-refractivity contribution >= 4 is 35.1 Å². The maximum absolute atomic E-state index is 12.9. The van der Waals surface area contributed by atoms with Crippen LogP contribution in [0.15, 0.2) is 48.5 Å². The molecule has 3 amide bonds. The monoisotopic (exact) mass is 434 g/mol. The molecule has 7 nitrogen and oxygen atoms in total. The molecule has 2 aliphatic rings. The summed E-state index contributed by atoms with van der Waals surface area (Å²) in [7, 11) is 0. The van der Waals surface area contributed by atoms with E-state index >= 15 is 0 Å². The number of rotatable bonds is 5. The van der Waals surface area contributed by atoms with Gasteiger partial charge in [-0.15, -0.1) is 0 Å². The van der Waals surface area contributed by atoms with Gasteiger partial charge >= 0.3 is 5.97 Å². The zero-order valence-electron chi connectivity index (χ0n) is 18.2. The van der Waals surface area contributed by atoms with E-state index in [4.69, 9.17) is 4.74 Å². The zero-order chi connectivity index (χ0) is 22.8. The highest BCUT2D eigenvalue weighted by molar-refractivity contribution is 6.22. The summed E-state index contributed by atoms with van der Waals surface area (Å²) in [6.45, 7) is 3.57. The van der Waals surface area contributed by atoms with Gasteiger partial charge in [0.05, 0.1) is 23.1 Å². The lowest BCUT2D eigenvalue weighted by atomic mass is 9.76. The third-order valence-electron chi connectivity index (χ3n) is 6.16. The average molecular weight is 434 g/mol. The van der Waals surface area contributed by atoms with Crippen molar-refractivity contribution in [3.8, 4) is 0 Å². The van der Waals surface area contributed by atoms with Crippen LogP contribution in [0.3, 0.4) is 0 Å². The van der Waals surface area contributed by atoms with Crippen molar-refractivity contribution in [2.75, 3.05) is 16.8 Å². The SMILES string of the molecule is Cc1cccc(NC(=O)COC(=O)c2cccc(N3C(=O)[C@@H]4CC[C@H](C)C[C@H]4C3=O)c2)c1. The largest absolute Gasteiger partial charge is 0.452 e. The van der Waals surface area contributed by atoms with Crippen LogP contribution < -0.4 is 10.2 Å². The van der Waals surface area contributed by atoms with Crippen LogP contribution >= 0.6 is 0 Å². The summed E-state index contributed by atoms with van der Waals surface area (Å²) in [5.41, 5.74) is 2.15. The molecule has 166 valence electrons. The van der Waals surface area contributed by atoms with E-state index in [1.807, 2.05) is 25.1 Å². The van der Waals surface area contributed by atoms with Crippen molar-refractivity contribution in [3.05, 3.63) is 59.7 Å². The molecule has 0 spiro atoms. The third kappa shape index (κ3) is 4.42. The maximum atomic E-state index is 12.9. The van der Waals surface area contributed by atoms with Crippen molar-refractivity contribution in [2.45, 2.75) is 33.1 Å². The molecule has 1 heterocycles. The Morgan fingerprint density at radius 3 is 2.56 bits per heavy atom. The molecule has 0 aromatic heterocycles. The molecule has 1 N–H and O–H groups in total. The van der Waals surface area contributed by atoms with Gasteiger partial charge in [0.2, 0.25) is 11.8 Å². The number of esters is 1. The number of benzene rings is 2. The molecule has 1 aliphatic carbocycles. The molecule has 1 aliphatic heterocycles. The minimum atomic E-state index is -0.698. The van der Waals surface area contributed by atoms with Gasteiger partial charge in [0.15, 0.2) is 6.61 Å². The van der Waals surface area contributed by atoms with E-state index in [-0.39, 0.29) is 29.2 Å². The minimum Gasteiger partial charge on any atom is -0.452 e. The van der Waals surface area contributed by atoms with Crippen molar-refractivity contribution in [1.82, 2.24) is 0 Å². The predicted octanol–water partition coefficient (Wildman–Crippen LogP) is 3.72. The van der Waals surface area contributed by atoms with Crippen molar-refractivity contribution in [3.63, 3.8) is 0 Å². The highest BCUT2D eigenvalue weighted by atomic mass is 16.5. The highest BCUT2D eigenvalue weighted by Gasteiger charge is 2.50. The van der Waals surface area contributed by atoms with Gasteiger partial charge < -0.3 is 10.1 Å². The van der Waals surface area contributed by atoms with Gasteiger partial charge in [-0.3, -0.25) is 19.3 Å². The number of hydrogen-bond acceptors (Lipinski definition) is 5. The Bertz CT molecular complexity index is 1080. The van der Waals surface area contributed by atoms with E-state index in [0.717, 1.165) is 12.0 Å². The number of ether oxygens (including phenoxy) is 1. The Hall–Kier alpha value is -3.48. The van der Waals surface area contributed by atoms with Crippen molar-refractivity contribution in [2.24, 2.45) is 17.8 Å². The van der Waals surface area contributed by atoms with Crippen molar-refractivity contribution in [1.29, 1.82) is 0 Å². The fourth-order valence-electron chi connectivity index (χ4n) is 4.55. The second-order valence-electron chi connectivity index (χ2n) is 8.69. The molecule has 32 heavy (non-hydrogen) atoms. The number of nitrogens with zero attached hydrogens (tertiary/aromatic N) is 1. The van der Waals surface area contributed by atoms with E-state index < -0.39 is 18.5 Å². The zero-order valence-corrected chi connectivity index (χ0v) is 18.2. The van der Waals surface area contributed by atoms with Crippen LogP contribution in [0.2, 0.25) is 0 Å². The van der Waals surface area contributed by atoms with Gasteiger partial charge in [-0.05, 0) is 68.0 Å². The predicted molar refractivity (Wildman–Crippen MR) is 119 cm³/mol. The lowest BCUT2D eigenvalue weighted by Gasteiger charge is -2.25. The first-order valence-electron chi connectivity index (χ1n) is 10.8. The lowest BCUT2D eigenvalue weighted by Crippen LogP contribution is -2.31. The molecule has 1 saturated heterocycles. The number of carbonyl (C=O) groups excluding carboxylic acids is 4. The number of hydrogen-bond donors (Lipinski definition) is 1. The van der Waals surface area contributed by atoms with E-state index in [9.17, 15) is 19.2 Å². The summed E-state index contributed by atoms with van der Waals surface area (Å²) in [5, 5.41) is 2.68. The topological polar surface area (TPSA) is 92.8 Å². The molecular formula is C25H26N2O5. The average Bonchev–Trinajstić information content (AvgIpc) is 3.01. The molecule has 2 fully saturated rings. The van der Waals surface area contributed by atoms with E-state index in [1.54, 1.807) is 18.2 Å². The highest BCUT2D eigenvalue weighted by Crippen LogP contribution is 2.42. The van der Waals surface area contributed by atoms with Crippen LogP contribution in [0.5, 0.6) is 0 Å². The Kier molecular flexibility index (Phi) is 6.08. The Balaban J connectivity index is 1.41. The standard InChI is InChI=1S/C25H26N2O5/c1-15-5-3-7-18(11-15)26-22(28)14-32-25(31)17-6-4-8-19(13-17)27-23(29)20-10-9-16(2)12-21(20)24(27)30/h3-8,11,13,16,20-21H,9-10,12,14H2,1-2H3,(H,26,28)/t16-,20+,21+/m0/s1. The van der Waals surface area contributed by atoms with E-state index in [0.29, 0.717) is 30.1 Å². The van der Waals surface area contributed by atoms with Crippen LogP contribution in [0.25, 0.3) is 0 Å². The summed E-state index contributed by atoms with van der Waals surface area (Å²) in [6, 6.07) is 13.5. The van der Waals surface area contributed by atoms with Crippen LogP contribution in [-0.4, -0.2) is 30.3 Å². The molecule has 4 rings (SSSR count). The number of anilines is 2. The number of carbonyl (C=O) groups is 4. The molecule has 0 unspecified atom stereocenters. The minimum absolute atomic E-state index is 0.176. The number of aryl methyl sites for hydroxylation is 1. The number of nitrogens with one attached hydrogen (secondary N) is 1. The summed E-state index contributed by atoms with van der Waals surface area (Å²) in [5.74, 6) is -1.70. The second-order valence-corrected chi connectivity index (χ2v) is 8.69. The van der Waals surface area contributed by atoms with Gasteiger partial charge in [0.25, 0.3) is 5.91 Å². The van der Waals surface area contributed by atoms with Crippen LogP contribution in [0, 0.1) is 24.7 Å². The lowest BCUT2D eigenvalue weighted by molar-refractivity contribution is -0.122. The third-order valence-corrected chi connectivity index (χ3v) is 6.16.